The van der Waals surface area contributed by atoms with E-state index in [4.69, 9.17) is 4.74 Å². The molecule has 2 rings (SSSR count). The Morgan fingerprint density at radius 3 is 2.64 bits per heavy atom. The first kappa shape index (κ1) is 7.56. The van der Waals surface area contributed by atoms with Crippen molar-refractivity contribution in [2.75, 3.05) is 13.1 Å². The predicted octanol–water partition coefficient (Wildman–Crippen LogP) is 1.16. The van der Waals surface area contributed by atoms with Crippen LogP contribution in [-0.2, 0) is 4.74 Å². The van der Waals surface area contributed by atoms with E-state index in [0.717, 1.165) is 19.0 Å². The van der Waals surface area contributed by atoms with E-state index in [2.05, 4.69) is 12.2 Å². The molecule has 1 aliphatic heterocycles. The minimum absolute atomic E-state index is 0.425. The molecule has 2 fully saturated rings. The lowest BCUT2D eigenvalue weighted by Gasteiger charge is -2.38. The van der Waals surface area contributed by atoms with E-state index < -0.39 is 0 Å². The third-order valence-electron chi connectivity index (χ3n) is 2.86. The standard InChI is InChI=1S/C9H17NO/c1-7-5-10-6-9(11-7)8-3-2-4-8/h7-10H,2-6H2,1H3. The maximum atomic E-state index is 5.83. The second kappa shape index (κ2) is 3.11. The lowest BCUT2D eigenvalue weighted by atomic mass is 9.80. The zero-order valence-electron chi connectivity index (χ0n) is 7.18. The predicted molar refractivity (Wildman–Crippen MR) is 44.5 cm³/mol. The molecule has 1 saturated heterocycles. The Balaban J connectivity index is 1.82. The van der Waals surface area contributed by atoms with E-state index in [0.29, 0.717) is 12.2 Å². The lowest BCUT2D eigenvalue weighted by molar-refractivity contribution is -0.0737. The van der Waals surface area contributed by atoms with Gasteiger partial charge in [-0.25, -0.2) is 0 Å². The van der Waals surface area contributed by atoms with Gasteiger partial charge >= 0.3 is 0 Å². The first-order valence-electron chi connectivity index (χ1n) is 4.72. The number of nitrogens with one attached hydrogen (secondary N) is 1. The zero-order valence-corrected chi connectivity index (χ0v) is 7.18. The van der Waals surface area contributed by atoms with Gasteiger partial charge in [0.05, 0.1) is 12.2 Å². The van der Waals surface area contributed by atoms with Crippen LogP contribution in [-0.4, -0.2) is 25.3 Å². The molecule has 2 unspecified atom stereocenters. The SMILES string of the molecule is CC1CNCC(C2CCC2)O1. The van der Waals surface area contributed by atoms with Crippen LogP contribution in [0.3, 0.4) is 0 Å². The fourth-order valence-corrected chi connectivity index (χ4v) is 1.91. The van der Waals surface area contributed by atoms with E-state index >= 15 is 0 Å². The Hall–Kier alpha value is -0.0800. The van der Waals surface area contributed by atoms with E-state index in [1.54, 1.807) is 0 Å². The molecule has 1 N–H and O–H groups in total. The summed E-state index contributed by atoms with van der Waals surface area (Å²) in [6.45, 7) is 4.26. The van der Waals surface area contributed by atoms with Gasteiger partial charge in [0.2, 0.25) is 0 Å². The van der Waals surface area contributed by atoms with E-state index in [1.807, 2.05) is 0 Å². The molecule has 0 spiro atoms. The Labute approximate surface area is 68.3 Å². The average Bonchev–Trinajstić information content (AvgIpc) is 1.83. The number of hydrogen-bond donors (Lipinski definition) is 1. The summed E-state index contributed by atoms with van der Waals surface area (Å²) in [7, 11) is 0. The molecule has 11 heavy (non-hydrogen) atoms. The van der Waals surface area contributed by atoms with Crippen LogP contribution < -0.4 is 5.32 Å². The van der Waals surface area contributed by atoms with Crippen LogP contribution in [0, 0.1) is 5.92 Å². The van der Waals surface area contributed by atoms with Crippen molar-refractivity contribution in [3.63, 3.8) is 0 Å². The minimum atomic E-state index is 0.425. The van der Waals surface area contributed by atoms with E-state index in [-0.39, 0.29) is 0 Å². The molecule has 0 aromatic rings. The van der Waals surface area contributed by atoms with Crippen LogP contribution in [0.4, 0.5) is 0 Å². The third kappa shape index (κ3) is 1.57. The summed E-state index contributed by atoms with van der Waals surface area (Å²) in [5.74, 6) is 0.866. The molecule has 0 aromatic heterocycles. The topological polar surface area (TPSA) is 21.3 Å². The Morgan fingerprint density at radius 2 is 2.09 bits per heavy atom. The average molecular weight is 155 g/mol. The Bertz CT molecular complexity index is 134. The first-order valence-corrected chi connectivity index (χ1v) is 4.72. The molecule has 64 valence electrons. The second-order valence-corrected chi connectivity index (χ2v) is 3.83. The molecule has 2 heteroatoms. The molecule has 2 nitrogen and oxygen atoms in total. The Kier molecular flexibility index (Phi) is 2.14. The summed E-state index contributed by atoms with van der Waals surface area (Å²) in [5, 5.41) is 3.41. The van der Waals surface area contributed by atoms with Crippen LogP contribution in [0.5, 0.6) is 0 Å². The quantitative estimate of drug-likeness (QED) is 0.613. The summed E-state index contributed by atoms with van der Waals surface area (Å²) < 4.78 is 5.83. The highest BCUT2D eigenvalue weighted by Crippen LogP contribution is 2.32. The molecule has 0 radical (unpaired) electrons. The van der Waals surface area contributed by atoms with Crippen LogP contribution in [0.15, 0.2) is 0 Å². The zero-order chi connectivity index (χ0) is 7.68. The summed E-state index contributed by atoms with van der Waals surface area (Å²) in [4.78, 5) is 0. The van der Waals surface area contributed by atoms with Gasteiger partial charge in [0.25, 0.3) is 0 Å². The second-order valence-electron chi connectivity index (χ2n) is 3.83. The molecule has 1 heterocycles. The van der Waals surface area contributed by atoms with Crippen molar-refractivity contribution in [2.45, 2.75) is 38.4 Å². The van der Waals surface area contributed by atoms with Crippen molar-refractivity contribution < 1.29 is 4.74 Å². The molecule has 2 atom stereocenters. The molecule has 0 amide bonds. The molecule has 2 aliphatic rings. The van der Waals surface area contributed by atoms with Crippen LogP contribution in [0.25, 0.3) is 0 Å². The normalized spacial score (nSPS) is 40.1. The fraction of sp³-hybridized carbons (Fsp3) is 1.00. The van der Waals surface area contributed by atoms with E-state index in [1.165, 1.54) is 19.3 Å². The smallest absolute Gasteiger partial charge is 0.0731 e. The molecule has 1 aliphatic carbocycles. The van der Waals surface area contributed by atoms with Crippen molar-refractivity contribution in [1.29, 1.82) is 0 Å². The number of rotatable bonds is 1. The maximum Gasteiger partial charge on any atom is 0.0731 e. The summed E-state index contributed by atoms with van der Waals surface area (Å²) in [5.41, 5.74) is 0. The van der Waals surface area contributed by atoms with Gasteiger partial charge in [0.1, 0.15) is 0 Å². The molecule has 0 bridgehead atoms. The van der Waals surface area contributed by atoms with Crippen molar-refractivity contribution in [3.8, 4) is 0 Å². The van der Waals surface area contributed by atoms with Crippen LogP contribution >= 0.6 is 0 Å². The molecule has 1 saturated carbocycles. The third-order valence-corrected chi connectivity index (χ3v) is 2.86. The number of morpholine rings is 1. The van der Waals surface area contributed by atoms with Crippen LogP contribution in [0.1, 0.15) is 26.2 Å². The highest BCUT2D eigenvalue weighted by atomic mass is 16.5. The summed E-state index contributed by atoms with van der Waals surface area (Å²) >= 11 is 0. The van der Waals surface area contributed by atoms with E-state index in [9.17, 15) is 0 Å². The fourth-order valence-electron chi connectivity index (χ4n) is 1.91. The highest BCUT2D eigenvalue weighted by molar-refractivity contribution is 4.83. The monoisotopic (exact) mass is 155 g/mol. The van der Waals surface area contributed by atoms with Gasteiger partial charge in [-0.3, -0.25) is 0 Å². The first-order chi connectivity index (χ1) is 5.36. The number of ether oxygens (including phenoxy) is 1. The summed E-state index contributed by atoms with van der Waals surface area (Å²) in [6, 6.07) is 0. The number of hydrogen-bond acceptors (Lipinski definition) is 2. The largest absolute Gasteiger partial charge is 0.372 e. The van der Waals surface area contributed by atoms with Gasteiger partial charge in [-0.05, 0) is 25.7 Å². The Morgan fingerprint density at radius 1 is 1.27 bits per heavy atom. The van der Waals surface area contributed by atoms with Gasteiger partial charge in [-0.2, -0.15) is 0 Å². The van der Waals surface area contributed by atoms with Crippen molar-refractivity contribution >= 4 is 0 Å². The molecule has 0 aromatic carbocycles. The van der Waals surface area contributed by atoms with Crippen LogP contribution in [0.2, 0.25) is 0 Å². The van der Waals surface area contributed by atoms with Crippen molar-refractivity contribution in [3.05, 3.63) is 0 Å². The van der Waals surface area contributed by atoms with Gasteiger partial charge in [0, 0.05) is 13.1 Å². The minimum Gasteiger partial charge on any atom is -0.372 e. The molecular weight excluding hydrogens is 138 g/mol. The van der Waals surface area contributed by atoms with Gasteiger partial charge in [0.15, 0.2) is 0 Å². The van der Waals surface area contributed by atoms with Gasteiger partial charge < -0.3 is 10.1 Å². The van der Waals surface area contributed by atoms with Gasteiger partial charge in [-0.1, -0.05) is 6.42 Å². The van der Waals surface area contributed by atoms with Gasteiger partial charge in [-0.15, -0.1) is 0 Å². The summed E-state index contributed by atoms with van der Waals surface area (Å²) in [6.07, 6.45) is 5.14. The van der Waals surface area contributed by atoms with Crippen molar-refractivity contribution in [1.82, 2.24) is 5.32 Å². The highest BCUT2D eigenvalue weighted by Gasteiger charge is 2.30. The lowest BCUT2D eigenvalue weighted by Crippen LogP contribution is -2.48. The van der Waals surface area contributed by atoms with Crippen molar-refractivity contribution in [2.24, 2.45) is 5.92 Å². The maximum absolute atomic E-state index is 5.83. The molecular formula is C9H17NO.